The highest BCUT2D eigenvalue weighted by Gasteiger charge is 2.34. The number of carbonyl (C=O) groups is 1. The zero-order valence-electron chi connectivity index (χ0n) is 20.2. The summed E-state index contributed by atoms with van der Waals surface area (Å²) in [6, 6.07) is 12.1. The lowest BCUT2D eigenvalue weighted by atomic mass is 9.95. The number of methoxy groups -OCH3 is 2. The molecule has 34 heavy (non-hydrogen) atoms. The highest BCUT2D eigenvalue weighted by molar-refractivity contribution is 7.98. The van der Waals surface area contributed by atoms with Gasteiger partial charge in [0.25, 0.3) is 0 Å². The molecule has 1 aliphatic carbocycles. The molecule has 0 radical (unpaired) electrons. The molecule has 1 atom stereocenters. The summed E-state index contributed by atoms with van der Waals surface area (Å²) in [4.78, 5) is 14.3. The first kappa shape index (κ1) is 26.4. The van der Waals surface area contributed by atoms with Gasteiger partial charge in [0.15, 0.2) is 11.5 Å². The number of hydrogen-bond acceptors (Lipinski definition) is 6. The summed E-state index contributed by atoms with van der Waals surface area (Å²) in [5.74, 6) is 0.458. The fraction of sp³-hybridized carbons (Fsp3) is 0.480. The van der Waals surface area contributed by atoms with E-state index in [2.05, 4.69) is 5.32 Å². The van der Waals surface area contributed by atoms with Gasteiger partial charge in [-0.1, -0.05) is 31.4 Å². The van der Waals surface area contributed by atoms with E-state index in [1.165, 1.54) is 30.7 Å². The highest BCUT2D eigenvalue weighted by atomic mass is 32.2. The summed E-state index contributed by atoms with van der Waals surface area (Å²) in [5, 5.41) is 2.97. The molecular formula is C25H34N2O5S2. The monoisotopic (exact) mass is 506 g/mol. The summed E-state index contributed by atoms with van der Waals surface area (Å²) in [6.45, 7) is 1.67. The van der Waals surface area contributed by atoms with E-state index in [4.69, 9.17) is 9.47 Å². The van der Waals surface area contributed by atoms with E-state index in [1.807, 2.05) is 37.4 Å². The number of ether oxygens (including phenoxy) is 2. The van der Waals surface area contributed by atoms with Crippen LogP contribution in [0.5, 0.6) is 11.5 Å². The van der Waals surface area contributed by atoms with Crippen molar-refractivity contribution < 1.29 is 22.7 Å². The van der Waals surface area contributed by atoms with Gasteiger partial charge < -0.3 is 14.8 Å². The maximum atomic E-state index is 13.7. The Morgan fingerprint density at radius 3 is 2.29 bits per heavy atom. The van der Waals surface area contributed by atoms with Gasteiger partial charge in [-0.3, -0.25) is 4.79 Å². The van der Waals surface area contributed by atoms with Crippen LogP contribution in [0, 0.1) is 0 Å². The van der Waals surface area contributed by atoms with Gasteiger partial charge in [0.05, 0.1) is 31.7 Å². The van der Waals surface area contributed by atoms with Crippen LogP contribution in [0.3, 0.4) is 0 Å². The van der Waals surface area contributed by atoms with Crippen LogP contribution in [-0.4, -0.2) is 51.7 Å². The third kappa shape index (κ3) is 6.25. The number of nitrogens with one attached hydrogen (secondary N) is 1. The summed E-state index contributed by atoms with van der Waals surface area (Å²) in [7, 11) is -0.962. The molecule has 0 unspecified atom stereocenters. The van der Waals surface area contributed by atoms with Crippen molar-refractivity contribution in [2.75, 3.05) is 27.0 Å². The Labute approximate surface area is 207 Å². The van der Waals surface area contributed by atoms with Gasteiger partial charge in [-0.15, -0.1) is 11.8 Å². The zero-order chi connectivity index (χ0) is 24.7. The molecule has 3 rings (SSSR count). The lowest BCUT2D eigenvalue weighted by Crippen LogP contribution is -2.47. The average molecular weight is 507 g/mol. The molecule has 9 heteroatoms. The SMILES string of the molecule is COc1ccc(S(=O)(=O)N(CC(=O)N[C@H](C)c2ccc(SC)cc2)C2CCCCC2)cc1OC. The fourth-order valence-corrected chi connectivity index (χ4v) is 6.36. The van der Waals surface area contributed by atoms with Gasteiger partial charge in [-0.2, -0.15) is 4.31 Å². The Bertz CT molecular complexity index is 1070. The van der Waals surface area contributed by atoms with E-state index >= 15 is 0 Å². The Balaban J connectivity index is 1.83. The first-order chi connectivity index (χ1) is 16.3. The van der Waals surface area contributed by atoms with Crippen molar-refractivity contribution >= 4 is 27.7 Å². The summed E-state index contributed by atoms with van der Waals surface area (Å²) >= 11 is 1.66. The number of thioether (sulfide) groups is 1. The number of nitrogens with zero attached hydrogens (tertiary/aromatic N) is 1. The molecule has 1 aliphatic rings. The first-order valence-electron chi connectivity index (χ1n) is 11.5. The van der Waals surface area contributed by atoms with E-state index in [0.29, 0.717) is 11.5 Å². The first-order valence-corrected chi connectivity index (χ1v) is 14.1. The van der Waals surface area contributed by atoms with Crippen LogP contribution in [0.2, 0.25) is 0 Å². The Morgan fingerprint density at radius 2 is 1.71 bits per heavy atom. The third-order valence-electron chi connectivity index (χ3n) is 6.24. The number of sulfonamides is 1. The normalized spacial score (nSPS) is 15.7. The van der Waals surface area contributed by atoms with Crippen LogP contribution in [0.15, 0.2) is 52.3 Å². The molecule has 0 aromatic heterocycles. The maximum absolute atomic E-state index is 13.7. The molecule has 1 fully saturated rings. The third-order valence-corrected chi connectivity index (χ3v) is 8.87. The van der Waals surface area contributed by atoms with Gasteiger partial charge in [0, 0.05) is 17.0 Å². The number of hydrogen-bond donors (Lipinski definition) is 1. The molecule has 0 spiro atoms. The summed E-state index contributed by atoms with van der Waals surface area (Å²) in [6.07, 6.45) is 6.47. The quantitative estimate of drug-likeness (QED) is 0.473. The molecule has 7 nitrogen and oxygen atoms in total. The Kier molecular flexibility index (Phi) is 9.27. The van der Waals surface area contributed by atoms with Crippen molar-refractivity contribution in [3.05, 3.63) is 48.0 Å². The van der Waals surface area contributed by atoms with Crippen molar-refractivity contribution in [2.24, 2.45) is 0 Å². The minimum absolute atomic E-state index is 0.0872. The van der Waals surface area contributed by atoms with Gasteiger partial charge in [-0.25, -0.2) is 8.42 Å². The molecule has 1 N–H and O–H groups in total. The fourth-order valence-electron chi connectivity index (χ4n) is 4.30. The van der Waals surface area contributed by atoms with E-state index in [0.717, 1.165) is 42.6 Å². The van der Waals surface area contributed by atoms with Crippen LogP contribution in [0.1, 0.15) is 50.6 Å². The van der Waals surface area contributed by atoms with Crippen LogP contribution in [0.4, 0.5) is 0 Å². The molecule has 2 aromatic rings. The van der Waals surface area contributed by atoms with E-state index in [1.54, 1.807) is 17.8 Å². The molecule has 0 bridgehead atoms. The van der Waals surface area contributed by atoms with Crippen molar-refractivity contribution in [3.8, 4) is 11.5 Å². The average Bonchev–Trinajstić information content (AvgIpc) is 2.87. The number of carbonyl (C=O) groups excluding carboxylic acids is 1. The van der Waals surface area contributed by atoms with E-state index < -0.39 is 10.0 Å². The summed E-state index contributed by atoms with van der Waals surface area (Å²) in [5.41, 5.74) is 0.970. The lowest BCUT2D eigenvalue weighted by molar-refractivity contribution is -0.122. The predicted octanol–water partition coefficient (Wildman–Crippen LogP) is 4.63. The van der Waals surface area contributed by atoms with Gasteiger partial charge in [-0.05, 0) is 55.9 Å². The van der Waals surface area contributed by atoms with Gasteiger partial charge in [0.2, 0.25) is 15.9 Å². The Hall–Kier alpha value is -2.23. The lowest BCUT2D eigenvalue weighted by Gasteiger charge is -2.33. The Morgan fingerprint density at radius 1 is 1.06 bits per heavy atom. The number of benzene rings is 2. The predicted molar refractivity (Wildman–Crippen MR) is 135 cm³/mol. The molecule has 0 saturated heterocycles. The van der Waals surface area contributed by atoms with Crippen molar-refractivity contribution in [2.45, 2.75) is 60.9 Å². The molecule has 0 aliphatic heterocycles. The molecular weight excluding hydrogens is 472 g/mol. The van der Waals surface area contributed by atoms with Crippen LogP contribution < -0.4 is 14.8 Å². The molecule has 1 saturated carbocycles. The van der Waals surface area contributed by atoms with Crippen molar-refractivity contribution in [1.82, 2.24) is 9.62 Å². The van der Waals surface area contributed by atoms with Crippen LogP contribution in [-0.2, 0) is 14.8 Å². The molecule has 0 heterocycles. The van der Waals surface area contributed by atoms with Crippen LogP contribution in [0.25, 0.3) is 0 Å². The van der Waals surface area contributed by atoms with Crippen molar-refractivity contribution in [3.63, 3.8) is 0 Å². The topological polar surface area (TPSA) is 84.9 Å². The van der Waals surface area contributed by atoms with E-state index in [9.17, 15) is 13.2 Å². The molecule has 186 valence electrons. The molecule has 2 aromatic carbocycles. The zero-order valence-corrected chi connectivity index (χ0v) is 21.9. The second-order valence-electron chi connectivity index (χ2n) is 8.42. The van der Waals surface area contributed by atoms with Gasteiger partial charge >= 0.3 is 0 Å². The van der Waals surface area contributed by atoms with E-state index in [-0.39, 0.29) is 29.4 Å². The highest BCUT2D eigenvalue weighted by Crippen LogP contribution is 2.33. The molecule has 1 amide bonds. The van der Waals surface area contributed by atoms with Crippen molar-refractivity contribution in [1.29, 1.82) is 0 Å². The van der Waals surface area contributed by atoms with Gasteiger partial charge in [0.1, 0.15) is 0 Å². The number of rotatable bonds is 10. The minimum atomic E-state index is -3.93. The second-order valence-corrected chi connectivity index (χ2v) is 11.2. The standard InChI is InChI=1S/C25H34N2O5S2/c1-18(19-10-12-21(33-4)13-11-19)26-25(28)17-27(20-8-6-5-7-9-20)34(29,30)22-14-15-23(31-2)24(16-22)32-3/h10-16,18,20H,5-9,17H2,1-4H3,(H,26,28)/t18-/m1/s1. The van der Waals surface area contributed by atoms with Crippen LogP contribution >= 0.6 is 11.8 Å². The number of amides is 1. The maximum Gasteiger partial charge on any atom is 0.243 e. The summed E-state index contributed by atoms with van der Waals surface area (Å²) < 4.78 is 39.3. The largest absolute Gasteiger partial charge is 0.493 e. The minimum Gasteiger partial charge on any atom is -0.493 e. The smallest absolute Gasteiger partial charge is 0.243 e. The second kappa shape index (κ2) is 12.0.